The highest BCUT2D eigenvalue weighted by Crippen LogP contribution is 2.22. The van der Waals surface area contributed by atoms with Gasteiger partial charge in [0.2, 0.25) is 0 Å². The molecular weight excluding hydrogens is 258 g/mol. The molecular formula is C14H11N3OS. The quantitative estimate of drug-likeness (QED) is 0.751. The van der Waals surface area contributed by atoms with Crippen LogP contribution in [0.25, 0.3) is 10.9 Å². The highest BCUT2D eigenvalue weighted by molar-refractivity contribution is 7.12. The number of carbonyl (C=O) groups excluding carboxylic acids is 1. The second-order valence-corrected chi connectivity index (χ2v) is 4.99. The van der Waals surface area contributed by atoms with Gasteiger partial charge in [-0.3, -0.25) is 9.78 Å². The number of anilines is 2. The molecule has 0 aliphatic carbocycles. The van der Waals surface area contributed by atoms with Gasteiger partial charge in [0.05, 0.1) is 11.2 Å². The molecule has 4 nitrogen and oxygen atoms in total. The van der Waals surface area contributed by atoms with Crippen LogP contribution >= 0.6 is 11.3 Å². The van der Waals surface area contributed by atoms with Crippen LogP contribution in [0.1, 0.15) is 9.67 Å². The molecule has 0 aliphatic rings. The van der Waals surface area contributed by atoms with E-state index in [1.807, 2.05) is 30.3 Å². The highest BCUT2D eigenvalue weighted by Gasteiger charge is 2.11. The predicted molar refractivity (Wildman–Crippen MR) is 78.4 cm³/mol. The second kappa shape index (κ2) is 4.70. The molecule has 0 saturated heterocycles. The van der Waals surface area contributed by atoms with Crippen LogP contribution < -0.4 is 11.1 Å². The summed E-state index contributed by atoms with van der Waals surface area (Å²) in [7, 11) is 0. The Balaban J connectivity index is 1.89. The van der Waals surface area contributed by atoms with Crippen molar-refractivity contribution in [2.75, 3.05) is 11.1 Å². The van der Waals surface area contributed by atoms with Gasteiger partial charge in [0.1, 0.15) is 4.88 Å². The van der Waals surface area contributed by atoms with Crippen molar-refractivity contribution in [3.05, 3.63) is 52.9 Å². The summed E-state index contributed by atoms with van der Waals surface area (Å²) in [5.74, 6) is -0.184. The Kier molecular flexibility index (Phi) is 2.89. The summed E-state index contributed by atoms with van der Waals surface area (Å²) in [6.45, 7) is 0. The Hall–Kier alpha value is -2.40. The zero-order valence-corrected chi connectivity index (χ0v) is 10.8. The lowest BCUT2D eigenvalue weighted by Gasteiger charge is -2.05. The van der Waals surface area contributed by atoms with Crippen molar-refractivity contribution < 1.29 is 4.79 Å². The summed E-state index contributed by atoms with van der Waals surface area (Å²) in [4.78, 5) is 16.8. The third-order valence-corrected chi connectivity index (χ3v) is 3.69. The van der Waals surface area contributed by atoms with Gasteiger partial charge in [0.25, 0.3) is 5.91 Å². The van der Waals surface area contributed by atoms with Crippen molar-refractivity contribution in [3.8, 4) is 0 Å². The maximum Gasteiger partial charge on any atom is 0.267 e. The Bertz CT molecular complexity index is 751. The molecule has 5 heteroatoms. The van der Waals surface area contributed by atoms with Gasteiger partial charge in [-0.1, -0.05) is 6.07 Å². The standard InChI is InChI=1S/C14H11N3OS/c15-11-5-7-19-13(11)14(18)17-10-3-4-12-9(8-10)2-1-6-16-12/h1-8H,15H2,(H,17,18). The van der Waals surface area contributed by atoms with E-state index in [1.54, 1.807) is 17.6 Å². The minimum absolute atomic E-state index is 0.184. The van der Waals surface area contributed by atoms with E-state index < -0.39 is 0 Å². The van der Waals surface area contributed by atoms with Gasteiger partial charge in [-0.15, -0.1) is 11.3 Å². The topological polar surface area (TPSA) is 68.0 Å². The number of nitrogens with one attached hydrogen (secondary N) is 1. The number of hydrogen-bond donors (Lipinski definition) is 2. The molecule has 2 aromatic heterocycles. The normalized spacial score (nSPS) is 10.5. The van der Waals surface area contributed by atoms with Crippen LogP contribution in [-0.2, 0) is 0 Å². The molecule has 3 N–H and O–H groups in total. The van der Waals surface area contributed by atoms with E-state index >= 15 is 0 Å². The van der Waals surface area contributed by atoms with Crippen LogP contribution in [0.15, 0.2) is 48.0 Å². The Labute approximate surface area is 113 Å². The zero-order chi connectivity index (χ0) is 13.2. The van der Waals surface area contributed by atoms with Gasteiger partial charge in [-0.05, 0) is 35.7 Å². The number of nitrogen functional groups attached to an aromatic ring is 1. The SMILES string of the molecule is Nc1ccsc1C(=O)Nc1ccc2ncccc2c1. The summed E-state index contributed by atoms with van der Waals surface area (Å²) >= 11 is 1.33. The summed E-state index contributed by atoms with van der Waals surface area (Å²) in [6.07, 6.45) is 1.74. The molecule has 0 unspecified atom stereocenters. The van der Waals surface area contributed by atoms with Crippen LogP contribution in [0.2, 0.25) is 0 Å². The van der Waals surface area contributed by atoms with Gasteiger partial charge in [0.15, 0.2) is 0 Å². The third kappa shape index (κ3) is 2.28. The molecule has 1 amide bonds. The fraction of sp³-hybridized carbons (Fsp3) is 0. The molecule has 1 aromatic carbocycles. The highest BCUT2D eigenvalue weighted by atomic mass is 32.1. The second-order valence-electron chi connectivity index (χ2n) is 4.07. The molecule has 3 rings (SSSR count). The first-order chi connectivity index (χ1) is 9.24. The number of benzene rings is 1. The van der Waals surface area contributed by atoms with Crippen molar-refractivity contribution in [1.29, 1.82) is 0 Å². The van der Waals surface area contributed by atoms with E-state index in [0.29, 0.717) is 10.6 Å². The molecule has 3 aromatic rings. The Morgan fingerprint density at radius 2 is 2.16 bits per heavy atom. The number of nitrogens with zero attached hydrogens (tertiary/aromatic N) is 1. The largest absolute Gasteiger partial charge is 0.397 e. The van der Waals surface area contributed by atoms with Crippen molar-refractivity contribution in [2.45, 2.75) is 0 Å². The van der Waals surface area contributed by atoms with Crippen molar-refractivity contribution in [2.24, 2.45) is 0 Å². The summed E-state index contributed by atoms with van der Waals surface area (Å²) in [5.41, 5.74) is 7.86. The van der Waals surface area contributed by atoms with Gasteiger partial charge in [-0.2, -0.15) is 0 Å². The lowest BCUT2D eigenvalue weighted by Crippen LogP contribution is -2.11. The van der Waals surface area contributed by atoms with Crippen molar-refractivity contribution in [3.63, 3.8) is 0 Å². The van der Waals surface area contributed by atoms with Crippen molar-refractivity contribution >= 4 is 39.5 Å². The Morgan fingerprint density at radius 3 is 2.95 bits per heavy atom. The van der Waals surface area contributed by atoms with Crippen LogP contribution in [0.4, 0.5) is 11.4 Å². The number of carbonyl (C=O) groups is 1. The average molecular weight is 269 g/mol. The Morgan fingerprint density at radius 1 is 1.26 bits per heavy atom. The fourth-order valence-electron chi connectivity index (χ4n) is 1.84. The first kappa shape index (κ1) is 11.7. The van der Waals surface area contributed by atoms with Crippen LogP contribution in [0.5, 0.6) is 0 Å². The number of aromatic nitrogens is 1. The number of thiophene rings is 1. The molecule has 0 bridgehead atoms. The number of amides is 1. The average Bonchev–Trinajstić information content (AvgIpc) is 2.85. The summed E-state index contributed by atoms with van der Waals surface area (Å²) < 4.78 is 0. The molecule has 19 heavy (non-hydrogen) atoms. The van der Waals surface area contributed by atoms with Gasteiger partial charge in [-0.25, -0.2) is 0 Å². The number of nitrogens with two attached hydrogens (primary N) is 1. The molecule has 0 radical (unpaired) electrons. The molecule has 0 spiro atoms. The van der Waals surface area contributed by atoms with Crippen LogP contribution in [-0.4, -0.2) is 10.9 Å². The fourth-order valence-corrected chi connectivity index (χ4v) is 2.56. The zero-order valence-electron chi connectivity index (χ0n) is 9.96. The predicted octanol–water partition coefficient (Wildman–Crippen LogP) is 3.13. The maximum absolute atomic E-state index is 12.0. The van der Waals surface area contributed by atoms with Crippen molar-refractivity contribution in [1.82, 2.24) is 4.98 Å². The number of pyridine rings is 1. The molecule has 0 saturated carbocycles. The minimum atomic E-state index is -0.184. The first-order valence-electron chi connectivity index (χ1n) is 5.73. The molecule has 94 valence electrons. The molecule has 0 aliphatic heterocycles. The van der Waals surface area contributed by atoms with Gasteiger partial charge in [0, 0.05) is 17.3 Å². The van der Waals surface area contributed by atoms with E-state index in [2.05, 4.69) is 10.3 Å². The number of fused-ring (bicyclic) bond motifs is 1. The van der Waals surface area contributed by atoms with Gasteiger partial charge >= 0.3 is 0 Å². The van der Waals surface area contributed by atoms with Gasteiger partial charge < -0.3 is 11.1 Å². The third-order valence-electron chi connectivity index (χ3n) is 2.76. The van der Waals surface area contributed by atoms with E-state index in [4.69, 9.17) is 5.73 Å². The van der Waals surface area contributed by atoms with Crippen LogP contribution in [0.3, 0.4) is 0 Å². The first-order valence-corrected chi connectivity index (χ1v) is 6.61. The van der Waals surface area contributed by atoms with Crippen LogP contribution in [0, 0.1) is 0 Å². The molecule has 2 heterocycles. The molecule has 0 fully saturated rings. The smallest absolute Gasteiger partial charge is 0.267 e. The van der Waals surface area contributed by atoms with E-state index in [9.17, 15) is 4.79 Å². The number of hydrogen-bond acceptors (Lipinski definition) is 4. The number of rotatable bonds is 2. The lowest BCUT2D eigenvalue weighted by atomic mass is 10.2. The van der Waals surface area contributed by atoms with E-state index in [-0.39, 0.29) is 5.91 Å². The monoisotopic (exact) mass is 269 g/mol. The van der Waals surface area contributed by atoms with E-state index in [1.165, 1.54) is 11.3 Å². The van der Waals surface area contributed by atoms with E-state index in [0.717, 1.165) is 16.6 Å². The minimum Gasteiger partial charge on any atom is -0.397 e. The summed E-state index contributed by atoms with van der Waals surface area (Å²) in [6, 6.07) is 11.1. The molecule has 0 atom stereocenters. The summed E-state index contributed by atoms with van der Waals surface area (Å²) in [5, 5.41) is 5.63. The lowest BCUT2D eigenvalue weighted by molar-refractivity contribution is 0.103. The maximum atomic E-state index is 12.0.